The maximum absolute atomic E-state index is 5.18. The smallest absolute Gasteiger partial charge is 0.361 e. The van der Waals surface area contributed by atoms with Crippen LogP contribution in [0.25, 0.3) is 65.9 Å². The van der Waals surface area contributed by atoms with Crippen LogP contribution in [0.1, 0.15) is 0 Å². The van der Waals surface area contributed by atoms with E-state index in [0.717, 1.165) is 33.8 Å². The number of nitrogens with zero attached hydrogens (tertiary/aromatic N) is 3. The minimum Gasteiger partial charge on any atom is -0.361 e. The van der Waals surface area contributed by atoms with Crippen molar-refractivity contribution in [1.29, 1.82) is 0 Å². The first-order chi connectivity index (χ1) is 23.3. The third-order valence-electron chi connectivity index (χ3n) is 9.79. The van der Waals surface area contributed by atoms with Gasteiger partial charge in [-0.05, 0) is 91.4 Å². The van der Waals surface area contributed by atoms with E-state index in [0.29, 0.717) is 0 Å². The second-order valence-electron chi connectivity index (χ2n) is 12.4. The maximum atomic E-state index is 5.18. The van der Waals surface area contributed by atoms with Gasteiger partial charge in [0, 0.05) is 16.9 Å². The molecule has 1 aromatic heterocycles. The van der Waals surface area contributed by atoms with Crippen molar-refractivity contribution >= 4 is 67.2 Å². The number of aromatic nitrogens is 2. The number of anilines is 2. The lowest BCUT2D eigenvalue weighted by atomic mass is 9.62. The van der Waals surface area contributed by atoms with Gasteiger partial charge >= 0.3 is 6.98 Å². The molecule has 4 heteroatoms. The monoisotopic (exact) mass is 597 g/mol. The maximum Gasteiger partial charge on any atom is 0.421 e. The van der Waals surface area contributed by atoms with Gasteiger partial charge in [-0.15, -0.1) is 0 Å². The normalized spacial score (nSPS) is 12.6. The number of hydrogen-bond donors (Lipinski definition) is 0. The molecule has 9 aromatic rings. The molecule has 1 aliphatic rings. The van der Waals surface area contributed by atoms with Gasteiger partial charge in [-0.2, -0.15) is 0 Å². The Labute approximate surface area is 273 Å². The Morgan fingerprint density at radius 1 is 0.447 bits per heavy atom. The number of para-hydroxylation sites is 3. The largest absolute Gasteiger partial charge is 0.421 e. The summed E-state index contributed by atoms with van der Waals surface area (Å²) in [7, 11) is 0. The number of rotatable bonds is 3. The van der Waals surface area contributed by atoms with Crippen LogP contribution in [-0.4, -0.2) is 16.4 Å². The average molecular weight is 598 g/mol. The summed E-state index contributed by atoms with van der Waals surface area (Å²) in [6, 6.07) is 61.5. The van der Waals surface area contributed by atoms with E-state index in [-0.39, 0.29) is 6.98 Å². The third-order valence-corrected chi connectivity index (χ3v) is 9.79. The first-order valence-corrected chi connectivity index (χ1v) is 16.2. The molecule has 0 N–H and O–H groups in total. The molecule has 0 spiro atoms. The van der Waals surface area contributed by atoms with Gasteiger partial charge in [0.25, 0.3) is 0 Å². The van der Waals surface area contributed by atoms with E-state index < -0.39 is 0 Å². The Hall–Kier alpha value is -6.13. The number of benzene rings is 8. The summed E-state index contributed by atoms with van der Waals surface area (Å²) in [5, 5.41) is 7.73. The number of fused-ring (bicyclic) bond motifs is 11. The summed E-state index contributed by atoms with van der Waals surface area (Å²) in [4.78, 5) is 7.66. The predicted octanol–water partition coefficient (Wildman–Crippen LogP) is 10.2. The van der Waals surface area contributed by atoms with E-state index >= 15 is 0 Å². The standard InChI is InChI=1S/C43H28BN3/c1-2-14-31(15-3-1)44-46(41-23-10-8-21-38(41)43-45-40-22-9-11-24-42(40)47(43)44)32-16-12-13-29(27-32)30-25-26-37-35-19-5-4-17-33(35)34-18-6-7-20-36(34)39(37)28-30/h1-28H. The van der Waals surface area contributed by atoms with Crippen molar-refractivity contribution in [1.82, 2.24) is 9.46 Å². The van der Waals surface area contributed by atoms with Crippen molar-refractivity contribution in [2.75, 3.05) is 4.81 Å². The lowest BCUT2D eigenvalue weighted by Gasteiger charge is -2.38. The van der Waals surface area contributed by atoms with Gasteiger partial charge in [-0.25, -0.2) is 4.98 Å². The fraction of sp³-hybridized carbons (Fsp3) is 0. The van der Waals surface area contributed by atoms with Crippen LogP contribution in [0.4, 0.5) is 11.4 Å². The molecule has 0 unspecified atom stereocenters. The molecular formula is C43H28BN3. The van der Waals surface area contributed by atoms with Crippen molar-refractivity contribution in [2.45, 2.75) is 0 Å². The molecule has 2 heterocycles. The van der Waals surface area contributed by atoms with Gasteiger partial charge in [-0.1, -0.05) is 127 Å². The molecule has 0 saturated heterocycles. The van der Waals surface area contributed by atoms with Crippen LogP contribution >= 0.6 is 0 Å². The minimum absolute atomic E-state index is 0.115. The Kier molecular flexibility index (Phi) is 5.67. The third kappa shape index (κ3) is 3.91. The van der Waals surface area contributed by atoms with E-state index in [1.54, 1.807) is 0 Å². The second-order valence-corrected chi connectivity index (χ2v) is 12.4. The molecule has 47 heavy (non-hydrogen) atoms. The van der Waals surface area contributed by atoms with Crippen LogP contribution in [-0.2, 0) is 0 Å². The van der Waals surface area contributed by atoms with Crippen molar-refractivity contribution in [3.05, 3.63) is 170 Å². The van der Waals surface area contributed by atoms with E-state index in [1.165, 1.54) is 48.9 Å². The number of imidazole rings is 1. The van der Waals surface area contributed by atoms with Gasteiger partial charge in [-0.3, -0.25) is 0 Å². The molecule has 0 radical (unpaired) electrons. The molecule has 0 atom stereocenters. The molecule has 0 aliphatic carbocycles. The quantitative estimate of drug-likeness (QED) is 0.149. The lowest BCUT2D eigenvalue weighted by molar-refractivity contribution is 1.14. The minimum atomic E-state index is -0.115. The predicted molar refractivity (Wildman–Crippen MR) is 199 cm³/mol. The summed E-state index contributed by atoms with van der Waals surface area (Å²) in [6.07, 6.45) is 0. The summed E-state index contributed by atoms with van der Waals surface area (Å²) in [5.41, 5.74) is 9.15. The molecule has 1 aliphatic heterocycles. The van der Waals surface area contributed by atoms with E-state index in [1.807, 2.05) is 0 Å². The zero-order valence-electron chi connectivity index (χ0n) is 25.6. The van der Waals surface area contributed by atoms with Crippen LogP contribution < -0.4 is 10.3 Å². The van der Waals surface area contributed by atoms with Crippen molar-refractivity contribution < 1.29 is 0 Å². The molecule has 8 aromatic carbocycles. The van der Waals surface area contributed by atoms with Crippen LogP contribution in [0, 0.1) is 0 Å². The van der Waals surface area contributed by atoms with Crippen LogP contribution in [0.15, 0.2) is 170 Å². The molecule has 0 fully saturated rings. The summed E-state index contributed by atoms with van der Waals surface area (Å²) < 4.78 is 2.41. The Balaban J connectivity index is 1.20. The Morgan fingerprint density at radius 2 is 1.06 bits per heavy atom. The molecule has 3 nitrogen and oxygen atoms in total. The zero-order valence-corrected chi connectivity index (χ0v) is 25.6. The SMILES string of the molecule is c1ccc(B2N(c3cccc(-c4ccc5c6ccccc6c6ccccc6c5c4)c3)c3ccccc3-c3nc4ccccc4n32)cc1. The van der Waals surface area contributed by atoms with Gasteiger partial charge in [0.15, 0.2) is 0 Å². The molecule has 10 rings (SSSR count). The highest BCUT2D eigenvalue weighted by molar-refractivity contribution is 6.78. The van der Waals surface area contributed by atoms with E-state index in [2.05, 4.69) is 179 Å². The van der Waals surface area contributed by atoms with Crippen LogP contribution in [0.5, 0.6) is 0 Å². The lowest BCUT2D eigenvalue weighted by Crippen LogP contribution is -2.54. The average Bonchev–Trinajstić information content (AvgIpc) is 3.54. The van der Waals surface area contributed by atoms with Crippen molar-refractivity contribution in [3.8, 4) is 22.5 Å². The van der Waals surface area contributed by atoms with Gasteiger partial charge in [0.1, 0.15) is 5.82 Å². The highest BCUT2D eigenvalue weighted by Crippen LogP contribution is 2.43. The van der Waals surface area contributed by atoms with Gasteiger partial charge in [0.2, 0.25) is 0 Å². The highest BCUT2D eigenvalue weighted by atomic mass is 15.2. The number of hydrogen-bond acceptors (Lipinski definition) is 2. The molecule has 0 bridgehead atoms. The molecule has 218 valence electrons. The van der Waals surface area contributed by atoms with Crippen molar-refractivity contribution in [2.24, 2.45) is 0 Å². The first kappa shape index (κ1) is 26.1. The molecule has 0 saturated carbocycles. The summed E-state index contributed by atoms with van der Waals surface area (Å²) in [6.45, 7) is -0.115. The Morgan fingerprint density at radius 3 is 1.85 bits per heavy atom. The van der Waals surface area contributed by atoms with E-state index in [4.69, 9.17) is 4.98 Å². The van der Waals surface area contributed by atoms with Crippen LogP contribution in [0.2, 0.25) is 0 Å². The topological polar surface area (TPSA) is 21.1 Å². The summed E-state index contributed by atoms with van der Waals surface area (Å²) in [5.74, 6) is 0.997. The first-order valence-electron chi connectivity index (χ1n) is 16.2. The molecule has 0 amide bonds. The van der Waals surface area contributed by atoms with Crippen molar-refractivity contribution in [3.63, 3.8) is 0 Å². The Bertz CT molecular complexity index is 2620. The van der Waals surface area contributed by atoms with E-state index in [9.17, 15) is 0 Å². The summed E-state index contributed by atoms with van der Waals surface area (Å²) >= 11 is 0. The fourth-order valence-corrected chi connectivity index (χ4v) is 7.73. The second kappa shape index (κ2) is 10.2. The van der Waals surface area contributed by atoms with Gasteiger partial charge in [0.05, 0.1) is 11.0 Å². The van der Waals surface area contributed by atoms with Gasteiger partial charge < -0.3 is 9.29 Å². The van der Waals surface area contributed by atoms with Crippen LogP contribution in [0.3, 0.4) is 0 Å². The highest BCUT2D eigenvalue weighted by Gasteiger charge is 2.39. The zero-order chi connectivity index (χ0) is 30.9. The molecular weight excluding hydrogens is 569 g/mol. The fourth-order valence-electron chi connectivity index (χ4n) is 7.73.